The summed E-state index contributed by atoms with van der Waals surface area (Å²) in [6.07, 6.45) is 0. The van der Waals surface area contributed by atoms with Gasteiger partial charge in [-0.1, -0.05) is 0 Å². The molecule has 0 saturated carbocycles. The summed E-state index contributed by atoms with van der Waals surface area (Å²) in [5.41, 5.74) is 0. The molecule has 0 amide bonds. The van der Waals surface area contributed by atoms with E-state index in [1.54, 1.807) is 0 Å². The zero-order valence-corrected chi connectivity index (χ0v) is 4.15. The van der Waals surface area contributed by atoms with Gasteiger partial charge in [0, 0.05) is 0 Å². The molecule has 0 bridgehead atoms. The second kappa shape index (κ2) is 8.83. The van der Waals surface area contributed by atoms with Crippen LogP contribution in [0.15, 0.2) is 0 Å². The van der Waals surface area contributed by atoms with Crippen molar-refractivity contribution in [2.45, 2.75) is 0 Å². The Morgan fingerprint density at radius 2 is 1.67 bits per heavy atom. The summed E-state index contributed by atoms with van der Waals surface area (Å²) in [6.45, 7) is 0. The molecule has 0 atom stereocenters. The molecular weight excluding hydrogens is 103 g/mol. The van der Waals surface area contributed by atoms with Crippen molar-refractivity contribution in [1.82, 2.24) is 6.15 Å². The molecule has 0 rings (SSSR count). The molecule has 0 aromatic rings. The maximum atomic E-state index is 8.36. The van der Waals surface area contributed by atoms with Crippen molar-refractivity contribution in [2.24, 2.45) is 0 Å². The second-order valence-electron chi connectivity index (χ2n) is 0.238. The molecule has 0 fully saturated rings. The summed E-state index contributed by atoms with van der Waals surface area (Å²) >= 11 is 0. The minimum atomic E-state index is -1.50. The molecule has 0 spiro atoms. The summed E-state index contributed by atoms with van der Waals surface area (Å²) in [4.78, 5) is 8.36. The van der Waals surface area contributed by atoms with Crippen molar-refractivity contribution in [3.63, 3.8) is 0 Å². The molecule has 4 N–H and O–H groups in total. The maximum absolute atomic E-state index is 8.36. The zero-order valence-electron chi connectivity index (χ0n) is 3.00. The van der Waals surface area contributed by atoms with Crippen molar-refractivity contribution in [3.8, 4) is 0 Å². The molecule has 5 nitrogen and oxygen atoms in total. The summed E-state index contributed by atoms with van der Waals surface area (Å²) in [7, 11) is 0. The number of nitrogens with zero attached hydrogens (tertiary/aromatic N) is 1. The van der Waals surface area contributed by atoms with Crippen LogP contribution in [-0.2, 0) is 0 Å². The fourth-order valence-electron chi connectivity index (χ4n) is 0. The van der Waals surface area contributed by atoms with Crippen LogP contribution in [0.1, 0.15) is 0 Å². The van der Waals surface area contributed by atoms with Gasteiger partial charge in [-0.3, -0.25) is 0 Å². The molecule has 0 aliphatic heterocycles. The van der Waals surface area contributed by atoms with Crippen LogP contribution >= 0.6 is 0 Å². The van der Waals surface area contributed by atoms with Crippen molar-refractivity contribution in [2.75, 3.05) is 0 Å². The molecule has 32 valence electrons. The van der Waals surface area contributed by atoms with Gasteiger partial charge in [0.15, 0.2) is 0 Å². The summed E-state index contributed by atoms with van der Waals surface area (Å²) in [5, 5.41) is 13.6. The van der Waals surface area contributed by atoms with Crippen LogP contribution in [0.3, 0.4) is 0 Å². The Balaban J connectivity index is -0.0000000450. The average Bonchev–Trinajstić information content (AvgIpc) is 0.811. The molecule has 6 heavy (non-hydrogen) atoms. The minimum Gasteiger partial charge on any atom is -0.344 e. The third kappa shape index (κ3) is 283. The molecule has 0 aliphatic rings. The van der Waals surface area contributed by atoms with Gasteiger partial charge in [0.1, 0.15) is 0 Å². The smallest absolute Gasteiger partial charge is 0.344 e. The average molecular weight is 107 g/mol. The van der Waals surface area contributed by atoms with Crippen LogP contribution in [0.25, 0.3) is 0 Å². The summed E-state index contributed by atoms with van der Waals surface area (Å²) in [6, 6.07) is 0. The molecule has 0 saturated heterocycles. The standard InChI is InChI=1S/Al.HNO3.H3N/c;2-1(3)4;/h;(H,2,3,4);1H3/q+3;;. The normalized spacial score (nSPS) is 4.00. The van der Waals surface area contributed by atoms with Crippen molar-refractivity contribution >= 4 is 17.4 Å². The molecule has 0 heterocycles. The number of rotatable bonds is 0. The van der Waals surface area contributed by atoms with Gasteiger partial charge in [-0.2, -0.15) is 0 Å². The number of hydrogen-bond donors (Lipinski definition) is 2. The van der Waals surface area contributed by atoms with Crippen LogP contribution in [0, 0.1) is 10.1 Å². The van der Waals surface area contributed by atoms with E-state index in [0.29, 0.717) is 0 Å². The zero-order chi connectivity index (χ0) is 3.58. The quantitative estimate of drug-likeness (QED) is 0.246. The minimum absolute atomic E-state index is 0. The molecule has 0 aromatic carbocycles. The Morgan fingerprint density at radius 3 is 1.67 bits per heavy atom. The third-order valence-electron chi connectivity index (χ3n) is 0. The van der Waals surface area contributed by atoms with Crippen LogP contribution in [0.5, 0.6) is 0 Å². The predicted molar refractivity (Wildman–Crippen MR) is 19.6 cm³/mol. The van der Waals surface area contributed by atoms with Gasteiger partial charge in [-0.05, 0) is 0 Å². The molecule has 6 heteroatoms. The van der Waals surface area contributed by atoms with E-state index < -0.39 is 5.09 Å². The van der Waals surface area contributed by atoms with Crippen molar-refractivity contribution < 1.29 is 10.3 Å². The van der Waals surface area contributed by atoms with Gasteiger partial charge < -0.3 is 11.4 Å². The van der Waals surface area contributed by atoms with E-state index in [0.717, 1.165) is 0 Å². The van der Waals surface area contributed by atoms with Crippen molar-refractivity contribution in [1.29, 1.82) is 0 Å². The second-order valence-corrected chi connectivity index (χ2v) is 0.238. The summed E-state index contributed by atoms with van der Waals surface area (Å²) in [5.74, 6) is 0. The van der Waals surface area contributed by atoms with Crippen LogP contribution in [0.2, 0.25) is 0 Å². The molecular formula is H4AlN2O3+3. The van der Waals surface area contributed by atoms with E-state index in [-0.39, 0.29) is 23.5 Å². The topological polar surface area (TPSA) is 98.4 Å². The van der Waals surface area contributed by atoms with E-state index in [4.69, 9.17) is 15.3 Å². The first kappa shape index (κ1) is 17.3. The molecule has 0 unspecified atom stereocenters. The SMILES string of the molecule is N.O=[N+]([O-])O.[Al+3]. The van der Waals surface area contributed by atoms with Crippen LogP contribution < -0.4 is 6.15 Å². The first-order chi connectivity index (χ1) is 1.73. The molecule has 0 aliphatic carbocycles. The first-order valence-electron chi connectivity index (χ1n) is 0.565. The van der Waals surface area contributed by atoms with Gasteiger partial charge in [0.2, 0.25) is 0 Å². The molecule has 0 aromatic heterocycles. The van der Waals surface area contributed by atoms with Gasteiger partial charge >= 0.3 is 17.4 Å². The Bertz CT molecular complexity index is 31.8. The Labute approximate surface area is 44.8 Å². The fraction of sp³-hybridized carbons (Fsp3) is 0. The van der Waals surface area contributed by atoms with E-state index >= 15 is 0 Å². The van der Waals surface area contributed by atoms with Gasteiger partial charge in [-0.15, -0.1) is 10.1 Å². The van der Waals surface area contributed by atoms with E-state index in [2.05, 4.69) is 0 Å². The maximum Gasteiger partial charge on any atom is 3.00 e. The van der Waals surface area contributed by atoms with E-state index in [9.17, 15) is 0 Å². The Kier molecular flexibility index (Phi) is 25.4. The first-order valence-corrected chi connectivity index (χ1v) is 0.565. The Hall–Kier alpha value is -0.308. The number of hydrogen-bond acceptors (Lipinski definition) is 3. The fourth-order valence-corrected chi connectivity index (χ4v) is 0. The molecule has 0 radical (unpaired) electrons. The van der Waals surface area contributed by atoms with E-state index in [1.165, 1.54) is 0 Å². The third-order valence-corrected chi connectivity index (χ3v) is 0. The van der Waals surface area contributed by atoms with Crippen molar-refractivity contribution in [3.05, 3.63) is 10.1 Å². The van der Waals surface area contributed by atoms with Crippen LogP contribution in [0.4, 0.5) is 0 Å². The van der Waals surface area contributed by atoms with Gasteiger partial charge in [-0.25, -0.2) is 0 Å². The monoisotopic (exact) mass is 107 g/mol. The van der Waals surface area contributed by atoms with Crippen LogP contribution in [-0.4, -0.2) is 27.7 Å². The Morgan fingerprint density at radius 1 is 1.67 bits per heavy atom. The van der Waals surface area contributed by atoms with E-state index in [1.807, 2.05) is 0 Å². The van der Waals surface area contributed by atoms with Gasteiger partial charge in [0.05, 0.1) is 0 Å². The van der Waals surface area contributed by atoms with Gasteiger partial charge in [0.25, 0.3) is 5.09 Å². The summed E-state index contributed by atoms with van der Waals surface area (Å²) < 4.78 is 0. The largest absolute Gasteiger partial charge is 3.00 e. The predicted octanol–water partition coefficient (Wildman–Crippen LogP) is -0.567.